The van der Waals surface area contributed by atoms with Gasteiger partial charge in [-0.1, -0.05) is 12.2 Å². The molecule has 5 N–H and O–H groups in total. The lowest BCUT2D eigenvalue weighted by atomic mass is 10.2. The van der Waals surface area contributed by atoms with Gasteiger partial charge in [0, 0.05) is 13.0 Å². The number of hydrogen-bond acceptors (Lipinski definition) is 5. The molecule has 0 atom stereocenters. The van der Waals surface area contributed by atoms with E-state index in [1.54, 1.807) is 6.07 Å². The standard InChI is InChI=1S/C10H15N3O3S3/c11-8(14)3-1-2-6-13-19(15,16)9-5-4-7(18-9)10(12)17/h4-5,13H,1-3,6H2,(H2,11,14)(H2,12,17). The van der Waals surface area contributed by atoms with Crippen molar-refractivity contribution < 1.29 is 13.2 Å². The zero-order chi connectivity index (χ0) is 14.5. The Morgan fingerprint density at radius 2 is 2.00 bits per heavy atom. The lowest BCUT2D eigenvalue weighted by Gasteiger charge is -2.03. The van der Waals surface area contributed by atoms with Crippen LogP contribution < -0.4 is 16.2 Å². The molecule has 0 aliphatic rings. The van der Waals surface area contributed by atoms with Gasteiger partial charge in [0.05, 0.1) is 4.88 Å². The molecule has 9 heteroatoms. The van der Waals surface area contributed by atoms with Gasteiger partial charge in [0.25, 0.3) is 0 Å². The van der Waals surface area contributed by atoms with Crippen molar-refractivity contribution in [1.82, 2.24) is 4.72 Å². The van der Waals surface area contributed by atoms with Crippen LogP contribution in [0.2, 0.25) is 0 Å². The van der Waals surface area contributed by atoms with Crippen LogP contribution in [-0.2, 0) is 14.8 Å². The molecule has 0 saturated heterocycles. The van der Waals surface area contributed by atoms with E-state index in [2.05, 4.69) is 4.72 Å². The molecule has 0 aromatic carbocycles. The van der Waals surface area contributed by atoms with Crippen molar-refractivity contribution in [3.8, 4) is 0 Å². The summed E-state index contributed by atoms with van der Waals surface area (Å²) in [5.41, 5.74) is 10.4. The molecule has 1 amide bonds. The summed E-state index contributed by atoms with van der Waals surface area (Å²) in [4.78, 5) is 11.2. The van der Waals surface area contributed by atoms with Crippen molar-refractivity contribution in [3.05, 3.63) is 17.0 Å². The fourth-order valence-corrected chi connectivity index (χ4v) is 3.77. The molecule has 0 unspecified atom stereocenters. The highest BCUT2D eigenvalue weighted by Gasteiger charge is 2.16. The van der Waals surface area contributed by atoms with Crippen LogP contribution in [0.1, 0.15) is 24.1 Å². The largest absolute Gasteiger partial charge is 0.389 e. The normalized spacial score (nSPS) is 11.4. The Morgan fingerprint density at radius 1 is 1.32 bits per heavy atom. The number of primary amides is 1. The van der Waals surface area contributed by atoms with E-state index in [-0.39, 0.29) is 28.1 Å². The minimum atomic E-state index is -3.54. The lowest BCUT2D eigenvalue weighted by molar-refractivity contribution is -0.118. The summed E-state index contributed by atoms with van der Waals surface area (Å²) >= 11 is 5.80. The third-order valence-electron chi connectivity index (χ3n) is 2.23. The average molecular weight is 321 g/mol. The average Bonchev–Trinajstić information content (AvgIpc) is 2.77. The van der Waals surface area contributed by atoms with Crippen LogP contribution in [0.4, 0.5) is 0 Å². The van der Waals surface area contributed by atoms with E-state index in [0.717, 1.165) is 11.3 Å². The van der Waals surface area contributed by atoms with Crippen molar-refractivity contribution >= 4 is 44.5 Å². The van der Waals surface area contributed by atoms with Crippen LogP contribution in [0.5, 0.6) is 0 Å². The molecule has 1 aromatic heterocycles. The molecule has 1 heterocycles. The maximum Gasteiger partial charge on any atom is 0.250 e. The van der Waals surface area contributed by atoms with E-state index in [0.29, 0.717) is 17.7 Å². The molecule has 0 saturated carbocycles. The van der Waals surface area contributed by atoms with E-state index in [1.807, 2.05) is 0 Å². The van der Waals surface area contributed by atoms with Gasteiger partial charge in [-0.25, -0.2) is 13.1 Å². The first-order chi connectivity index (χ1) is 8.83. The maximum atomic E-state index is 11.9. The number of hydrogen-bond donors (Lipinski definition) is 3. The van der Waals surface area contributed by atoms with E-state index in [1.165, 1.54) is 6.07 Å². The minimum Gasteiger partial charge on any atom is -0.389 e. The summed E-state index contributed by atoms with van der Waals surface area (Å²) in [5, 5.41) is 0. The van der Waals surface area contributed by atoms with Gasteiger partial charge in [-0.3, -0.25) is 4.79 Å². The van der Waals surface area contributed by atoms with E-state index in [4.69, 9.17) is 23.7 Å². The second-order valence-corrected chi connectivity index (χ2v) is 7.32. The molecule has 0 fully saturated rings. The van der Waals surface area contributed by atoms with Gasteiger partial charge in [0.2, 0.25) is 15.9 Å². The van der Waals surface area contributed by atoms with Crippen LogP contribution in [0.25, 0.3) is 0 Å². The Labute approximate surface area is 121 Å². The van der Waals surface area contributed by atoms with Crippen molar-refractivity contribution in [2.75, 3.05) is 6.54 Å². The lowest BCUT2D eigenvalue weighted by Crippen LogP contribution is -2.24. The van der Waals surface area contributed by atoms with Gasteiger partial charge < -0.3 is 11.5 Å². The van der Waals surface area contributed by atoms with Crippen LogP contribution >= 0.6 is 23.6 Å². The predicted molar refractivity (Wildman–Crippen MR) is 78.4 cm³/mol. The molecule has 0 bridgehead atoms. The Kier molecular flexibility index (Phi) is 5.85. The molecule has 0 aliphatic heterocycles. The molecule has 6 nitrogen and oxygen atoms in total. The number of thiocarbonyl (C=S) groups is 1. The summed E-state index contributed by atoms with van der Waals surface area (Å²) in [5.74, 6) is -0.387. The number of rotatable bonds is 8. The minimum absolute atomic E-state index is 0.171. The molecule has 0 radical (unpaired) electrons. The van der Waals surface area contributed by atoms with E-state index < -0.39 is 10.0 Å². The van der Waals surface area contributed by atoms with Crippen molar-refractivity contribution in [2.45, 2.75) is 23.5 Å². The molecule has 1 rings (SSSR count). The third kappa shape index (κ3) is 5.23. The van der Waals surface area contributed by atoms with Gasteiger partial charge in [-0.05, 0) is 25.0 Å². The summed E-state index contributed by atoms with van der Waals surface area (Å²) < 4.78 is 26.4. The molecular formula is C10H15N3O3S3. The van der Waals surface area contributed by atoms with Gasteiger partial charge in [-0.2, -0.15) is 0 Å². The Hall–Kier alpha value is -1.03. The molecule has 0 aliphatic carbocycles. The predicted octanol–water partition coefficient (Wildman–Crippen LogP) is 0.316. The van der Waals surface area contributed by atoms with Crippen LogP contribution in [-0.4, -0.2) is 25.9 Å². The highest BCUT2D eigenvalue weighted by Crippen LogP contribution is 2.21. The number of unbranched alkanes of at least 4 members (excludes halogenated alkanes) is 1. The van der Waals surface area contributed by atoms with Crippen LogP contribution in [0, 0.1) is 0 Å². The quantitative estimate of drug-likeness (QED) is 0.471. The SMILES string of the molecule is NC(=O)CCCCNS(=O)(=O)c1ccc(C(N)=S)s1. The molecule has 19 heavy (non-hydrogen) atoms. The first-order valence-electron chi connectivity index (χ1n) is 5.50. The van der Waals surface area contributed by atoms with Gasteiger partial charge >= 0.3 is 0 Å². The number of sulfonamides is 1. The first-order valence-corrected chi connectivity index (χ1v) is 8.21. The monoisotopic (exact) mass is 321 g/mol. The summed E-state index contributed by atoms with van der Waals surface area (Å²) in [6.07, 6.45) is 1.36. The number of nitrogens with two attached hydrogens (primary N) is 2. The van der Waals surface area contributed by atoms with Gasteiger partial charge in [0.1, 0.15) is 9.20 Å². The van der Waals surface area contributed by atoms with E-state index in [9.17, 15) is 13.2 Å². The summed E-state index contributed by atoms with van der Waals surface area (Å²) in [6.45, 7) is 0.260. The fourth-order valence-electron chi connectivity index (χ4n) is 1.30. The Balaban J connectivity index is 2.51. The third-order valence-corrected chi connectivity index (χ3v) is 5.65. The number of amides is 1. The molecule has 0 spiro atoms. The summed E-state index contributed by atoms with van der Waals surface area (Å²) in [6, 6.07) is 3.04. The highest BCUT2D eigenvalue weighted by atomic mass is 32.2. The van der Waals surface area contributed by atoms with Crippen molar-refractivity contribution in [3.63, 3.8) is 0 Å². The molecule has 1 aromatic rings. The Bertz CT molecular complexity index is 566. The highest BCUT2D eigenvalue weighted by molar-refractivity contribution is 7.91. The van der Waals surface area contributed by atoms with E-state index >= 15 is 0 Å². The summed E-state index contributed by atoms with van der Waals surface area (Å²) in [7, 11) is -3.54. The maximum absolute atomic E-state index is 11.9. The first kappa shape index (κ1) is 16.0. The van der Waals surface area contributed by atoms with Crippen molar-refractivity contribution in [2.24, 2.45) is 11.5 Å². The zero-order valence-electron chi connectivity index (χ0n) is 10.1. The number of nitrogens with one attached hydrogen (secondary N) is 1. The zero-order valence-corrected chi connectivity index (χ0v) is 12.5. The van der Waals surface area contributed by atoms with Crippen LogP contribution in [0.3, 0.4) is 0 Å². The molecule has 106 valence electrons. The van der Waals surface area contributed by atoms with Crippen LogP contribution in [0.15, 0.2) is 16.3 Å². The van der Waals surface area contributed by atoms with Gasteiger partial charge in [-0.15, -0.1) is 11.3 Å². The molecular weight excluding hydrogens is 306 g/mol. The second-order valence-electron chi connectivity index (χ2n) is 3.80. The number of carbonyl (C=O) groups is 1. The smallest absolute Gasteiger partial charge is 0.250 e. The fraction of sp³-hybridized carbons (Fsp3) is 0.400. The van der Waals surface area contributed by atoms with Gasteiger partial charge in [0.15, 0.2) is 0 Å². The number of thiophene rings is 1. The van der Waals surface area contributed by atoms with Crippen molar-refractivity contribution in [1.29, 1.82) is 0 Å². The Morgan fingerprint density at radius 3 is 2.53 bits per heavy atom. The number of carbonyl (C=O) groups excluding carboxylic acids is 1. The second kappa shape index (κ2) is 6.94. The topological polar surface area (TPSA) is 115 Å².